The SMILES string of the molecule is CC(C=CC(N)=O)CNC(C)C. The van der Waals surface area contributed by atoms with Crippen LogP contribution in [0.25, 0.3) is 0 Å². The first-order valence-corrected chi connectivity index (χ1v) is 4.23. The maximum Gasteiger partial charge on any atom is 0.241 e. The molecule has 0 aromatic heterocycles. The molecule has 3 nitrogen and oxygen atoms in total. The Morgan fingerprint density at radius 2 is 2.08 bits per heavy atom. The molecular formula is C9H18N2O. The van der Waals surface area contributed by atoms with Gasteiger partial charge >= 0.3 is 0 Å². The van der Waals surface area contributed by atoms with E-state index in [1.165, 1.54) is 6.08 Å². The maximum atomic E-state index is 10.4. The molecule has 0 fully saturated rings. The van der Waals surface area contributed by atoms with E-state index in [0.29, 0.717) is 12.0 Å². The van der Waals surface area contributed by atoms with Gasteiger partial charge in [-0.05, 0) is 12.0 Å². The molecule has 0 aliphatic carbocycles. The molecule has 0 rings (SSSR count). The van der Waals surface area contributed by atoms with Crippen molar-refractivity contribution in [1.29, 1.82) is 0 Å². The van der Waals surface area contributed by atoms with Crippen molar-refractivity contribution < 1.29 is 4.79 Å². The molecule has 1 atom stereocenters. The number of amides is 1. The van der Waals surface area contributed by atoms with Crippen molar-refractivity contribution in [3.63, 3.8) is 0 Å². The van der Waals surface area contributed by atoms with Crippen LogP contribution in [-0.2, 0) is 4.79 Å². The number of carbonyl (C=O) groups excluding carboxylic acids is 1. The molecule has 0 heterocycles. The second-order valence-corrected chi connectivity index (χ2v) is 3.30. The summed E-state index contributed by atoms with van der Waals surface area (Å²) < 4.78 is 0. The highest BCUT2D eigenvalue weighted by molar-refractivity contribution is 5.85. The largest absolute Gasteiger partial charge is 0.366 e. The Balaban J connectivity index is 3.59. The normalized spacial score (nSPS) is 14.0. The van der Waals surface area contributed by atoms with E-state index in [9.17, 15) is 4.79 Å². The van der Waals surface area contributed by atoms with E-state index in [4.69, 9.17) is 5.73 Å². The predicted molar refractivity (Wildman–Crippen MR) is 50.6 cm³/mol. The molecule has 12 heavy (non-hydrogen) atoms. The van der Waals surface area contributed by atoms with Crippen LogP contribution in [0.3, 0.4) is 0 Å². The topological polar surface area (TPSA) is 55.1 Å². The van der Waals surface area contributed by atoms with Gasteiger partial charge in [-0.3, -0.25) is 4.79 Å². The molecule has 3 N–H and O–H groups in total. The molecule has 70 valence electrons. The Hall–Kier alpha value is -0.830. The van der Waals surface area contributed by atoms with Gasteiger partial charge in [-0.2, -0.15) is 0 Å². The first-order chi connectivity index (χ1) is 5.52. The van der Waals surface area contributed by atoms with Gasteiger partial charge in [-0.15, -0.1) is 0 Å². The van der Waals surface area contributed by atoms with Gasteiger partial charge in [0.25, 0.3) is 0 Å². The Morgan fingerprint density at radius 1 is 1.50 bits per heavy atom. The molecule has 0 saturated heterocycles. The minimum absolute atomic E-state index is 0.347. The zero-order valence-electron chi connectivity index (χ0n) is 8.00. The zero-order chi connectivity index (χ0) is 9.56. The van der Waals surface area contributed by atoms with Crippen molar-refractivity contribution in [2.24, 2.45) is 11.7 Å². The lowest BCUT2D eigenvalue weighted by atomic mass is 10.1. The van der Waals surface area contributed by atoms with E-state index in [2.05, 4.69) is 19.2 Å². The van der Waals surface area contributed by atoms with Gasteiger partial charge in [-0.1, -0.05) is 26.8 Å². The van der Waals surface area contributed by atoms with E-state index in [-0.39, 0.29) is 5.91 Å². The van der Waals surface area contributed by atoms with Gasteiger partial charge in [0, 0.05) is 12.6 Å². The standard InChI is InChI=1S/C9H18N2O/c1-7(2)11-6-8(3)4-5-9(10)12/h4-5,7-8,11H,6H2,1-3H3,(H2,10,12). The summed E-state index contributed by atoms with van der Waals surface area (Å²) in [6.45, 7) is 7.09. The van der Waals surface area contributed by atoms with E-state index in [0.717, 1.165) is 6.54 Å². The Morgan fingerprint density at radius 3 is 2.50 bits per heavy atom. The number of rotatable bonds is 5. The molecule has 1 amide bonds. The smallest absolute Gasteiger partial charge is 0.241 e. The van der Waals surface area contributed by atoms with Crippen molar-refractivity contribution in [2.75, 3.05) is 6.54 Å². The zero-order valence-corrected chi connectivity index (χ0v) is 8.00. The number of nitrogens with two attached hydrogens (primary N) is 1. The second kappa shape index (κ2) is 5.77. The minimum Gasteiger partial charge on any atom is -0.366 e. The monoisotopic (exact) mass is 170 g/mol. The van der Waals surface area contributed by atoms with Crippen molar-refractivity contribution in [3.05, 3.63) is 12.2 Å². The highest BCUT2D eigenvalue weighted by Crippen LogP contribution is 1.94. The van der Waals surface area contributed by atoms with Gasteiger partial charge in [0.1, 0.15) is 0 Å². The lowest BCUT2D eigenvalue weighted by molar-refractivity contribution is -0.113. The fourth-order valence-corrected chi connectivity index (χ4v) is 0.749. The van der Waals surface area contributed by atoms with Crippen LogP contribution < -0.4 is 11.1 Å². The molecular weight excluding hydrogens is 152 g/mol. The Labute approximate surface area is 74.0 Å². The second-order valence-electron chi connectivity index (χ2n) is 3.30. The van der Waals surface area contributed by atoms with Crippen LogP contribution in [0.4, 0.5) is 0 Å². The average molecular weight is 170 g/mol. The van der Waals surface area contributed by atoms with Gasteiger partial charge in [-0.25, -0.2) is 0 Å². The fraction of sp³-hybridized carbons (Fsp3) is 0.667. The molecule has 1 unspecified atom stereocenters. The third-order valence-corrected chi connectivity index (χ3v) is 1.44. The minimum atomic E-state index is -0.383. The third kappa shape index (κ3) is 7.28. The lowest BCUT2D eigenvalue weighted by Crippen LogP contribution is -2.27. The van der Waals surface area contributed by atoms with Crippen molar-refractivity contribution in [3.8, 4) is 0 Å². The van der Waals surface area contributed by atoms with Crippen LogP contribution in [0.1, 0.15) is 20.8 Å². The fourth-order valence-electron chi connectivity index (χ4n) is 0.749. The quantitative estimate of drug-likeness (QED) is 0.596. The van der Waals surface area contributed by atoms with Gasteiger partial charge in [0.2, 0.25) is 5.91 Å². The van der Waals surface area contributed by atoms with Crippen LogP contribution in [0, 0.1) is 5.92 Å². The molecule has 0 spiro atoms. The van der Waals surface area contributed by atoms with Crippen LogP contribution >= 0.6 is 0 Å². The summed E-state index contributed by atoms with van der Waals surface area (Å²) in [4.78, 5) is 10.4. The summed E-state index contributed by atoms with van der Waals surface area (Å²) in [5.74, 6) is -0.0358. The van der Waals surface area contributed by atoms with Crippen LogP contribution in [-0.4, -0.2) is 18.5 Å². The molecule has 0 radical (unpaired) electrons. The van der Waals surface area contributed by atoms with E-state index < -0.39 is 0 Å². The highest BCUT2D eigenvalue weighted by atomic mass is 16.1. The van der Waals surface area contributed by atoms with E-state index >= 15 is 0 Å². The molecule has 0 aromatic carbocycles. The summed E-state index contributed by atoms with van der Waals surface area (Å²) >= 11 is 0. The summed E-state index contributed by atoms with van der Waals surface area (Å²) in [5.41, 5.74) is 4.95. The molecule has 0 saturated carbocycles. The predicted octanol–water partition coefficient (Wildman–Crippen LogP) is 0.662. The van der Waals surface area contributed by atoms with Gasteiger partial charge in [0.05, 0.1) is 0 Å². The van der Waals surface area contributed by atoms with Gasteiger partial charge in [0.15, 0.2) is 0 Å². The summed E-state index contributed by atoms with van der Waals surface area (Å²) in [6, 6.07) is 0.481. The first kappa shape index (κ1) is 11.2. The third-order valence-electron chi connectivity index (χ3n) is 1.44. The maximum absolute atomic E-state index is 10.4. The summed E-state index contributed by atoms with van der Waals surface area (Å²) in [5, 5.41) is 3.27. The van der Waals surface area contributed by atoms with Crippen LogP contribution in [0.5, 0.6) is 0 Å². The lowest BCUT2D eigenvalue weighted by Gasteiger charge is -2.10. The van der Waals surface area contributed by atoms with Crippen molar-refractivity contribution in [2.45, 2.75) is 26.8 Å². The Bertz CT molecular complexity index is 164. The van der Waals surface area contributed by atoms with E-state index in [1.807, 2.05) is 13.0 Å². The van der Waals surface area contributed by atoms with Crippen molar-refractivity contribution in [1.82, 2.24) is 5.32 Å². The molecule has 0 aliphatic rings. The summed E-state index contributed by atoms with van der Waals surface area (Å²) in [7, 11) is 0. The van der Waals surface area contributed by atoms with Crippen molar-refractivity contribution >= 4 is 5.91 Å². The molecule has 3 heteroatoms. The number of hydrogen-bond donors (Lipinski definition) is 2. The number of nitrogens with one attached hydrogen (secondary N) is 1. The van der Waals surface area contributed by atoms with Gasteiger partial charge < -0.3 is 11.1 Å². The molecule has 0 aliphatic heterocycles. The van der Waals surface area contributed by atoms with Crippen LogP contribution in [0.2, 0.25) is 0 Å². The number of hydrogen-bond acceptors (Lipinski definition) is 2. The number of carbonyl (C=O) groups is 1. The first-order valence-electron chi connectivity index (χ1n) is 4.23. The average Bonchev–Trinajstić information content (AvgIpc) is 1.96. The molecule has 0 bridgehead atoms. The number of primary amides is 1. The van der Waals surface area contributed by atoms with E-state index in [1.54, 1.807) is 0 Å². The van der Waals surface area contributed by atoms with Crippen LogP contribution in [0.15, 0.2) is 12.2 Å². The molecule has 0 aromatic rings. The summed E-state index contributed by atoms with van der Waals surface area (Å²) in [6.07, 6.45) is 3.23. The Kier molecular flexibility index (Phi) is 5.37. The highest BCUT2D eigenvalue weighted by Gasteiger charge is 1.98.